The number of ether oxygens (including phenoxy) is 6. The van der Waals surface area contributed by atoms with Gasteiger partial charge in [0.05, 0.1) is 52.2 Å². The largest absolute Gasteiger partial charge is 0.457 e. The smallest absolute Gasteiger partial charge is 0.409 e. The van der Waals surface area contributed by atoms with E-state index >= 15 is 0 Å². The maximum absolute atomic E-state index is 14.2. The molecule has 6 aliphatic rings. The molecular weight excluding hydrogens is 1510 g/mol. The first-order valence-corrected chi connectivity index (χ1v) is 41.9. The molecule has 5 N–H and O–H groups in total. The number of thioether (sulfide) groups is 1. The molecule has 6 heterocycles. The molecule has 25 nitrogen and oxygen atoms in total. The van der Waals surface area contributed by atoms with Crippen LogP contribution in [-0.2, 0) is 79.6 Å². The van der Waals surface area contributed by atoms with E-state index in [1.165, 1.54) is 49.2 Å². The van der Waals surface area contributed by atoms with Gasteiger partial charge in [-0.1, -0.05) is 146 Å². The van der Waals surface area contributed by atoms with E-state index in [9.17, 15) is 58.2 Å². The number of halogens is 2. The summed E-state index contributed by atoms with van der Waals surface area (Å²) in [5.41, 5.74) is 0.917. The van der Waals surface area contributed by atoms with Gasteiger partial charge in [0.2, 0.25) is 29.5 Å². The lowest BCUT2D eigenvalue weighted by molar-refractivity contribution is -0.162. The fraction of sp³-hybridized carbons (Fsp3) is 0.625. The van der Waals surface area contributed by atoms with E-state index < -0.39 is 119 Å². The van der Waals surface area contributed by atoms with Crippen molar-refractivity contribution in [2.45, 2.75) is 244 Å². The maximum Gasteiger partial charge on any atom is 0.409 e. The average molecular weight is 1630 g/mol. The summed E-state index contributed by atoms with van der Waals surface area (Å²) < 4.78 is 36.1. The Morgan fingerprint density at radius 1 is 0.664 bits per heavy atom. The van der Waals surface area contributed by atoms with Crippen LogP contribution < -0.4 is 25.8 Å². The molecule has 3 unspecified atom stereocenters. The number of carbonyl (C=O) groups is 10. The summed E-state index contributed by atoms with van der Waals surface area (Å²) in [6.45, 7) is 25.4. The molecule has 8 rings (SSSR count). The molecule has 30 heteroatoms. The number of alkyl carbamates (subject to hydrolysis) is 2. The summed E-state index contributed by atoms with van der Waals surface area (Å²) in [5.74, 6) is -3.29. The van der Waals surface area contributed by atoms with Gasteiger partial charge in [-0.3, -0.25) is 39.4 Å². The minimum absolute atomic E-state index is 0.0114. The van der Waals surface area contributed by atoms with Crippen molar-refractivity contribution < 1.29 is 86.6 Å². The number of nitrogens with zero attached hydrogens (tertiary/aromatic N) is 4. The highest BCUT2D eigenvalue weighted by Crippen LogP contribution is 2.51. The number of allylic oxidation sites excluding steroid dienone is 6. The Bertz CT molecular complexity index is 3880. The van der Waals surface area contributed by atoms with Crippen molar-refractivity contribution in [2.24, 2.45) is 23.7 Å². The number of ketones is 1. The van der Waals surface area contributed by atoms with Crippen LogP contribution in [0.25, 0.3) is 0 Å². The number of nitrogens with one attached hydrogen (secondary N) is 3. The minimum Gasteiger partial charge on any atom is -0.457 e. The maximum atomic E-state index is 14.2. The fourth-order valence-electron chi connectivity index (χ4n) is 13.9. The van der Waals surface area contributed by atoms with Crippen LogP contribution >= 0.6 is 56.6 Å². The monoisotopic (exact) mass is 1630 g/mol. The van der Waals surface area contributed by atoms with Crippen molar-refractivity contribution in [2.75, 3.05) is 62.3 Å². The summed E-state index contributed by atoms with van der Waals surface area (Å²) in [4.78, 5) is 136. The molecule has 7 amide bonds. The standard InChI is InChI=1S/C41H59ClN4O9S2.C39H54ClN3O9S/c1-23-12-11-13-25(3)41(52)22-31(53-39(51)44-41)27(5)37-40(7,55-37)32(21-35(49)46(10)30-20-29(18-23)19-24(2)36(30)42)54-38(50)28(6)45(9)34(48)16-17-56-57-26(4)14-15-33(47)43-8;1-10-28(44)21-53-15-14-32(45)42(8)26(6)36(47)51-31-19-33(46)43(9)29-18-27(17-23(3)34(29)40)16-22(2)12-11-13-24(4)39(49)20-30(50-37(48)41-39)25(5)35-38(31,7)52-35/h11-13,19-20,25-28,31-32,37,52H,14-18,21-22H2,1-10H3,(H,43,47)(H,44,51);11-13,17-18,24-26,30-31,35,49H,10,14-16,19-21H2,1-9H3,(H,41,48)/b13-11+,23-12+;13-11+,22-12+/t25-,26?,27-,28+,31?,32+,37+,40+,41+;24-,25-,26+,30?,31+,35+,38+,39+/m11/s1. The number of epoxide rings is 2. The van der Waals surface area contributed by atoms with Crippen molar-refractivity contribution in [1.29, 1.82) is 0 Å². The SMILES string of the molecule is CCC(=O)CSCCC(=O)N(C)[C@@H](C)C(=O)O[C@H]1CC(=O)N(C)c2cc(cc(C)c2Cl)C/C(C)=C/C=C/[C@@H](C)[C@@]2(O)CC(OC(=O)N2)[C@@H](C)[C@@H]2O[C@@]12C.CNC(=O)CCC(C)SSCCC(=O)N(C)[C@@H](C)C(=O)O[C@H]1CC(=O)N(C)c2cc(cc(C)c2Cl)C/C(C)=C/C=C/[C@@H](C)[C@@]2(O)CC(OC(=O)N2)[C@@H](C)[C@@H]2O[C@@]12C. The minimum atomic E-state index is -1.61. The van der Waals surface area contributed by atoms with Gasteiger partial charge in [-0.05, 0) is 109 Å². The molecule has 2 aromatic rings. The summed E-state index contributed by atoms with van der Waals surface area (Å²) in [6.07, 6.45) is 7.38. The summed E-state index contributed by atoms with van der Waals surface area (Å²) in [7, 11) is 11.1. The first-order chi connectivity index (χ1) is 51.5. The molecule has 6 aliphatic heterocycles. The van der Waals surface area contributed by atoms with Gasteiger partial charge in [-0.25, -0.2) is 19.2 Å². The molecular formula is C80H113Cl2N7O18S3. The number of aliphatic hydroxyl groups is 2. The molecule has 0 spiro atoms. The first kappa shape index (κ1) is 90.6. The molecule has 0 saturated carbocycles. The van der Waals surface area contributed by atoms with Gasteiger partial charge < -0.3 is 63.6 Å². The van der Waals surface area contributed by atoms with Gasteiger partial charge >= 0.3 is 24.1 Å². The van der Waals surface area contributed by atoms with Gasteiger partial charge in [-0.15, -0.1) is 0 Å². The van der Waals surface area contributed by atoms with Crippen LogP contribution in [0.15, 0.2) is 71.9 Å². The number of benzene rings is 2. The number of hydrogen-bond donors (Lipinski definition) is 5. The van der Waals surface area contributed by atoms with Crippen molar-refractivity contribution in [3.05, 3.63) is 104 Å². The van der Waals surface area contributed by atoms with Gasteiger partial charge in [0, 0.05) is 114 Å². The molecule has 2 aromatic carbocycles. The Kier molecular flexibility index (Phi) is 32.1. The topological polar surface area (TPSA) is 322 Å². The van der Waals surface area contributed by atoms with E-state index in [0.29, 0.717) is 70.8 Å². The molecule has 17 atom stereocenters. The van der Waals surface area contributed by atoms with Crippen molar-refractivity contribution in [3.63, 3.8) is 0 Å². The number of hydrogen-bond acceptors (Lipinski definition) is 21. The molecule has 4 fully saturated rings. The van der Waals surface area contributed by atoms with E-state index in [1.54, 1.807) is 73.6 Å². The zero-order chi connectivity index (χ0) is 81.8. The zero-order valence-electron chi connectivity index (χ0n) is 66.9. The molecule has 8 bridgehead atoms. The molecule has 4 saturated heterocycles. The van der Waals surface area contributed by atoms with Gasteiger partial charge in [0.15, 0.2) is 0 Å². The van der Waals surface area contributed by atoms with Crippen LogP contribution in [0, 0.1) is 37.5 Å². The van der Waals surface area contributed by atoms with Crippen molar-refractivity contribution in [3.8, 4) is 0 Å². The molecule has 110 heavy (non-hydrogen) atoms. The second-order valence-corrected chi connectivity index (χ2v) is 35.5. The van der Waals surface area contributed by atoms with Gasteiger partial charge in [0.25, 0.3) is 0 Å². The van der Waals surface area contributed by atoms with E-state index in [-0.39, 0.29) is 79.1 Å². The van der Waals surface area contributed by atoms with Crippen LogP contribution in [-0.4, -0.2) is 209 Å². The molecule has 0 aliphatic carbocycles. The number of carbonyl (C=O) groups excluding carboxylic acids is 10. The van der Waals surface area contributed by atoms with E-state index in [1.807, 2.05) is 123 Å². The molecule has 0 radical (unpaired) electrons. The van der Waals surface area contributed by atoms with Crippen molar-refractivity contribution in [1.82, 2.24) is 25.8 Å². The number of amides is 7. The van der Waals surface area contributed by atoms with Crippen LogP contribution in [0.1, 0.15) is 163 Å². The first-order valence-electron chi connectivity index (χ1n) is 37.6. The van der Waals surface area contributed by atoms with Crippen LogP contribution in [0.5, 0.6) is 0 Å². The highest BCUT2D eigenvalue weighted by molar-refractivity contribution is 8.76. The molecule has 0 aromatic heterocycles. The third-order valence-corrected chi connectivity index (χ3v) is 27.1. The van der Waals surface area contributed by atoms with Crippen LogP contribution in [0.4, 0.5) is 21.0 Å². The number of fused-ring (bicyclic) bond motifs is 10. The Hall–Kier alpha value is -6.63. The highest BCUT2D eigenvalue weighted by atomic mass is 35.5. The van der Waals surface area contributed by atoms with Gasteiger partial charge in [0.1, 0.15) is 64.9 Å². The van der Waals surface area contributed by atoms with E-state index in [4.69, 9.17) is 51.6 Å². The third kappa shape index (κ3) is 23.1. The lowest BCUT2D eigenvalue weighted by atomic mass is 9.82. The average Bonchev–Trinajstić information content (AvgIpc) is 1.58. The van der Waals surface area contributed by atoms with E-state index in [0.717, 1.165) is 33.4 Å². The van der Waals surface area contributed by atoms with Crippen molar-refractivity contribution >= 4 is 127 Å². The van der Waals surface area contributed by atoms with Crippen LogP contribution in [0.3, 0.4) is 0 Å². The predicted molar refractivity (Wildman–Crippen MR) is 430 cm³/mol. The van der Waals surface area contributed by atoms with E-state index in [2.05, 4.69) is 16.0 Å². The van der Waals surface area contributed by atoms with Crippen LogP contribution in [0.2, 0.25) is 10.0 Å². The lowest BCUT2D eigenvalue weighted by Crippen LogP contribution is -2.60. The number of Topliss-reactive ketones (excluding diaryl/α,β-unsaturated/α-hetero) is 1. The Morgan fingerprint density at radius 3 is 1.47 bits per heavy atom. The molecule has 608 valence electrons. The Morgan fingerprint density at radius 2 is 1.07 bits per heavy atom. The normalized spacial score (nSPS) is 30.8. The summed E-state index contributed by atoms with van der Waals surface area (Å²) in [5, 5.41) is 32.2. The third-order valence-electron chi connectivity index (χ3n) is 22.1. The number of rotatable bonds is 20. The summed E-state index contributed by atoms with van der Waals surface area (Å²) in [6, 6.07) is 5.70. The van der Waals surface area contributed by atoms with Gasteiger partial charge in [-0.2, -0.15) is 11.8 Å². The predicted octanol–water partition coefficient (Wildman–Crippen LogP) is 11.7. The fourth-order valence-corrected chi connectivity index (χ4v) is 17.6. The number of aryl methyl sites for hydroxylation is 2. The second kappa shape index (κ2) is 38.9. The number of esters is 2. The summed E-state index contributed by atoms with van der Waals surface area (Å²) >= 11 is 14.9. The lowest BCUT2D eigenvalue weighted by Gasteiger charge is -2.41. The zero-order valence-corrected chi connectivity index (χ0v) is 70.8. The highest BCUT2D eigenvalue weighted by Gasteiger charge is 2.66. The Balaban J connectivity index is 0.000000307. The quantitative estimate of drug-likeness (QED) is 0.0270. The Labute approximate surface area is 669 Å². The number of likely N-dealkylation sites (N-methyl/N-ethyl adjacent to an activating group) is 2. The second-order valence-electron chi connectivity index (χ2n) is 30.7. The number of anilines is 2.